The molecule has 0 bridgehead atoms. The number of hydrogen-bond donors (Lipinski definition) is 0. The lowest BCUT2D eigenvalue weighted by Gasteiger charge is -2.27. The Morgan fingerprint density at radius 1 is 1.29 bits per heavy atom. The van der Waals surface area contributed by atoms with Crippen LogP contribution >= 0.6 is 0 Å². The van der Waals surface area contributed by atoms with Crippen LogP contribution in [0.1, 0.15) is 46.0 Å². The molecule has 2 unspecified atom stereocenters. The first-order valence-electron chi connectivity index (χ1n) is 5.72. The predicted molar refractivity (Wildman–Crippen MR) is 53.7 cm³/mol. The Hall–Kier alpha value is -0.400. The summed E-state index contributed by atoms with van der Waals surface area (Å²) >= 11 is 0. The van der Waals surface area contributed by atoms with Crippen LogP contribution in [0, 0.1) is 17.3 Å². The summed E-state index contributed by atoms with van der Waals surface area (Å²) in [5.41, 5.74) is -0.592. The van der Waals surface area contributed by atoms with Crippen molar-refractivity contribution in [1.29, 1.82) is 0 Å². The van der Waals surface area contributed by atoms with Crippen LogP contribution in [0.5, 0.6) is 0 Å². The van der Waals surface area contributed by atoms with Crippen LogP contribution in [-0.4, -0.2) is 12.0 Å². The molecule has 0 N–H and O–H groups in total. The molecule has 0 radical (unpaired) electrons. The van der Waals surface area contributed by atoms with E-state index in [0.717, 1.165) is 31.6 Å². The zero-order valence-electron chi connectivity index (χ0n) is 9.05. The highest BCUT2D eigenvalue weighted by atomic mass is 19.1. The van der Waals surface area contributed by atoms with Crippen molar-refractivity contribution >= 4 is 5.78 Å². The van der Waals surface area contributed by atoms with E-state index < -0.39 is 11.6 Å². The molecule has 2 aliphatic carbocycles. The Morgan fingerprint density at radius 2 is 1.79 bits per heavy atom. The number of carbonyl (C=O) groups excluding carboxylic acids is 1. The van der Waals surface area contributed by atoms with E-state index in [9.17, 15) is 9.18 Å². The van der Waals surface area contributed by atoms with Gasteiger partial charge in [-0.05, 0) is 32.1 Å². The molecule has 0 aromatic heterocycles. The topological polar surface area (TPSA) is 17.1 Å². The average molecular weight is 198 g/mol. The van der Waals surface area contributed by atoms with Crippen molar-refractivity contribution in [3.8, 4) is 0 Å². The second-order valence-corrected chi connectivity index (χ2v) is 5.41. The van der Waals surface area contributed by atoms with E-state index in [-0.39, 0.29) is 11.7 Å². The molecule has 0 aromatic rings. The van der Waals surface area contributed by atoms with Gasteiger partial charge < -0.3 is 0 Å². The van der Waals surface area contributed by atoms with E-state index in [1.54, 1.807) is 6.92 Å². The van der Waals surface area contributed by atoms with Crippen LogP contribution in [0.4, 0.5) is 4.39 Å². The number of Topliss-reactive ketones (excluding diaryl/α,β-unsaturated/α-hetero) is 1. The third-order valence-corrected chi connectivity index (χ3v) is 4.08. The molecule has 14 heavy (non-hydrogen) atoms. The number of alkyl halides is 1. The van der Waals surface area contributed by atoms with Gasteiger partial charge in [-0.25, -0.2) is 4.39 Å². The molecule has 2 aliphatic rings. The second-order valence-electron chi connectivity index (χ2n) is 5.41. The first-order chi connectivity index (χ1) is 6.54. The molecule has 0 amide bonds. The maximum absolute atomic E-state index is 13.0. The Labute approximate surface area is 85.1 Å². The summed E-state index contributed by atoms with van der Waals surface area (Å²) in [6.45, 7) is 4.02. The lowest BCUT2D eigenvalue weighted by molar-refractivity contribution is -0.129. The molecule has 2 heteroatoms. The van der Waals surface area contributed by atoms with Crippen LogP contribution < -0.4 is 0 Å². The zero-order valence-corrected chi connectivity index (χ0v) is 9.05. The fraction of sp³-hybridized carbons (Fsp3) is 0.917. The van der Waals surface area contributed by atoms with Crippen molar-refractivity contribution in [2.24, 2.45) is 17.3 Å². The van der Waals surface area contributed by atoms with Gasteiger partial charge in [0.1, 0.15) is 12.0 Å². The van der Waals surface area contributed by atoms with E-state index in [1.807, 2.05) is 0 Å². The molecule has 0 saturated heterocycles. The molecule has 2 saturated carbocycles. The number of halogens is 1. The number of carbonyl (C=O) groups is 1. The van der Waals surface area contributed by atoms with E-state index >= 15 is 0 Å². The fourth-order valence-corrected chi connectivity index (χ4v) is 2.56. The van der Waals surface area contributed by atoms with Crippen molar-refractivity contribution in [2.75, 3.05) is 0 Å². The highest BCUT2D eigenvalue weighted by molar-refractivity contribution is 5.90. The Balaban J connectivity index is 1.93. The summed E-state index contributed by atoms with van der Waals surface area (Å²) in [5.74, 6) is 1.13. The molecule has 0 aromatic carbocycles. The lowest BCUT2D eigenvalue weighted by Crippen LogP contribution is -2.28. The lowest BCUT2D eigenvalue weighted by atomic mass is 9.77. The van der Waals surface area contributed by atoms with Gasteiger partial charge in [-0.3, -0.25) is 4.79 Å². The molecule has 0 heterocycles. The summed E-state index contributed by atoms with van der Waals surface area (Å²) in [4.78, 5) is 12.0. The van der Waals surface area contributed by atoms with Crippen LogP contribution in [-0.2, 0) is 4.79 Å². The largest absolute Gasteiger partial charge is 0.299 e. The highest BCUT2D eigenvalue weighted by Crippen LogP contribution is 2.52. The zero-order chi connectivity index (χ0) is 10.3. The molecule has 1 nitrogen and oxygen atoms in total. The second kappa shape index (κ2) is 3.32. The van der Waals surface area contributed by atoms with Gasteiger partial charge in [0, 0.05) is 5.92 Å². The molecule has 0 aliphatic heterocycles. The minimum absolute atomic E-state index is 0.164. The predicted octanol–water partition coefficient (Wildman–Crippen LogP) is 3.13. The van der Waals surface area contributed by atoms with Gasteiger partial charge in [-0.1, -0.05) is 19.8 Å². The Kier molecular flexibility index (Phi) is 2.40. The molecule has 2 fully saturated rings. The van der Waals surface area contributed by atoms with Crippen molar-refractivity contribution in [1.82, 2.24) is 0 Å². The molecule has 0 spiro atoms. The van der Waals surface area contributed by atoms with Gasteiger partial charge in [0.2, 0.25) is 0 Å². The number of ketones is 1. The van der Waals surface area contributed by atoms with E-state index in [1.165, 1.54) is 0 Å². The minimum atomic E-state index is -0.852. The molecule has 80 valence electrons. The number of rotatable bonds is 2. The van der Waals surface area contributed by atoms with Crippen molar-refractivity contribution in [3.63, 3.8) is 0 Å². The maximum atomic E-state index is 13.0. The van der Waals surface area contributed by atoms with Gasteiger partial charge >= 0.3 is 0 Å². The van der Waals surface area contributed by atoms with Gasteiger partial charge in [0.05, 0.1) is 5.41 Å². The minimum Gasteiger partial charge on any atom is -0.299 e. The first kappa shape index (κ1) is 10.1. The monoisotopic (exact) mass is 198 g/mol. The summed E-state index contributed by atoms with van der Waals surface area (Å²) in [7, 11) is 0. The average Bonchev–Trinajstić information content (AvgIpc) is 2.76. The van der Waals surface area contributed by atoms with Crippen LogP contribution in [0.15, 0.2) is 0 Å². The Bertz CT molecular complexity index is 243. The van der Waals surface area contributed by atoms with Crippen molar-refractivity contribution in [3.05, 3.63) is 0 Å². The number of hydrogen-bond acceptors (Lipinski definition) is 1. The van der Waals surface area contributed by atoms with Gasteiger partial charge in [-0.15, -0.1) is 0 Å². The third kappa shape index (κ3) is 1.59. The highest BCUT2D eigenvalue weighted by Gasteiger charge is 2.58. The summed E-state index contributed by atoms with van der Waals surface area (Å²) in [6, 6.07) is 0. The third-order valence-electron chi connectivity index (χ3n) is 4.08. The normalized spacial score (nSPS) is 47.5. The van der Waals surface area contributed by atoms with Gasteiger partial charge in [0.15, 0.2) is 0 Å². The van der Waals surface area contributed by atoms with Crippen LogP contribution in [0.3, 0.4) is 0 Å². The van der Waals surface area contributed by atoms with E-state index in [2.05, 4.69) is 6.92 Å². The maximum Gasteiger partial charge on any atom is 0.144 e. The molecule has 2 rings (SSSR count). The summed E-state index contributed by atoms with van der Waals surface area (Å²) < 4.78 is 13.0. The SMILES string of the molecule is CC1CCC(C(=O)C2(C)CC2F)CC1. The first-order valence-corrected chi connectivity index (χ1v) is 5.72. The molecular weight excluding hydrogens is 179 g/mol. The summed E-state index contributed by atoms with van der Waals surface area (Å²) in [6.07, 6.45) is 3.88. The van der Waals surface area contributed by atoms with Gasteiger partial charge in [-0.2, -0.15) is 0 Å². The Morgan fingerprint density at radius 3 is 2.21 bits per heavy atom. The van der Waals surface area contributed by atoms with Crippen LogP contribution in [0.2, 0.25) is 0 Å². The van der Waals surface area contributed by atoms with Crippen molar-refractivity contribution in [2.45, 2.75) is 52.1 Å². The standard InChI is InChI=1S/C12H19FO/c1-8-3-5-9(6-4-8)11(14)12(2)7-10(12)13/h8-10H,3-7H2,1-2H3. The summed E-state index contributed by atoms with van der Waals surface area (Å²) in [5, 5.41) is 0. The van der Waals surface area contributed by atoms with Crippen LogP contribution in [0.25, 0.3) is 0 Å². The molecular formula is C12H19FO. The smallest absolute Gasteiger partial charge is 0.144 e. The quantitative estimate of drug-likeness (QED) is 0.666. The van der Waals surface area contributed by atoms with E-state index in [4.69, 9.17) is 0 Å². The van der Waals surface area contributed by atoms with Gasteiger partial charge in [0.25, 0.3) is 0 Å². The molecule has 2 atom stereocenters. The van der Waals surface area contributed by atoms with Crippen molar-refractivity contribution < 1.29 is 9.18 Å². The fourth-order valence-electron chi connectivity index (χ4n) is 2.56. The van der Waals surface area contributed by atoms with E-state index in [0.29, 0.717) is 6.42 Å².